The van der Waals surface area contributed by atoms with Crippen LogP contribution in [0.2, 0.25) is 0 Å². The summed E-state index contributed by atoms with van der Waals surface area (Å²) in [5.41, 5.74) is -0.821. The number of carboxylic acids is 1. The van der Waals surface area contributed by atoms with Crippen molar-refractivity contribution in [1.82, 2.24) is 0 Å². The molecule has 1 saturated heterocycles. The fraction of sp³-hybridized carbons (Fsp3) is 0.364. The van der Waals surface area contributed by atoms with Gasteiger partial charge in [-0.3, -0.25) is 4.79 Å². The van der Waals surface area contributed by atoms with E-state index < -0.39 is 35.7 Å². The molecule has 1 fully saturated rings. The van der Waals surface area contributed by atoms with Crippen molar-refractivity contribution in [2.45, 2.75) is 37.6 Å². The summed E-state index contributed by atoms with van der Waals surface area (Å²) in [6, 6.07) is 8.92. The maximum Gasteiger partial charge on any atom is 0.416 e. The lowest BCUT2D eigenvalue weighted by Crippen LogP contribution is -2.17. The van der Waals surface area contributed by atoms with Gasteiger partial charge in [0.25, 0.3) is 0 Å². The first-order chi connectivity index (χ1) is 14.6. The van der Waals surface area contributed by atoms with Crippen molar-refractivity contribution in [2.24, 2.45) is 0 Å². The van der Waals surface area contributed by atoms with E-state index in [4.69, 9.17) is 9.47 Å². The zero-order chi connectivity index (χ0) is 22.6. The molecule has 1 aliphatic heterocycles. The minimum atomic E-state index is -4.60. The summed E-state index contributed by atoms with van der Waals surface area (Å²) in [4.78, 5) is 23.8. The van der Waals surface area contributed by atoms with Crippen LogP contribution in [-0.4, -0.2) is 47.4 Å². The Morgan fingerprint density at radius 2 is 1.84 bits per heavy atom. The van der Waals surface area contributed by atoms with Crippen LogP contribution in [0.25, 0.3) is 0 Å². The Morgan fingerprint density at radius 1 is 1.13 bits per heavy atom. The number of benzene rings is 2. The second-order valence-corrected chi connectivity index (χ2v) is 7.29. The molecule has 3 rings (SSSR count). The molecular weight excluding hydrogens is 417 g/mol. The summed E-state index contributed by atoms with van der Waals surface area (Å²) in [5.74, 6) is -1.75. The molecule has 9 heteroatoms. The zero-order valence-corrected chi connectivity index (χ0v) is 16.4. The Morgan fingerprint density at radius 3 is 2.45 bits per heavy atom. The van der Waals surface area contributed by atoms with Crippen LogP contribution < -0.4 is 4.74 Å². The van der Waals surface area contributed by atoms with E-state index in [0.717, 1.165) is 12.1 Å². The van der Waals surface area contributed by atoms with Gasteiger partial charge in [0.05, 0.1) is 29.9 Å². The van der Waals surface area contributed by atoms with Crippen LogP contribution in [0.3, 0.4) is 0 Å². The number of carbonyl (C=O) groups is 2. The van der Waals surface area contributed by atoms with Gasteiger partial charge in [-0.15, -0.1) is 0 Å². The maximum absolute atomic E-state index is 13.3. The van der Waals surface area contributed by atoms with Gasteiger partial charge in [0, 0.05) is 18.4 Å². The Balaban J connectivity index is 1.74. The molecule has 0 bridgehead atoms. The molecule has 1 aliphatic rings. The van der Waals surface area contributed by atoms with Gasteiger partial charge in [-0.25, -0.2) is 4.79 Å². The Hall–Kier alpha value is -2.91. The molecule has 31 heavy (non-hydrogen) atoms. The molecule has 0 saturated carbocycles. The predicted molar refractivity (Wildman–Crippen MR) is 103 cm³/mol. The summed E-state index contributed by atoms with van der Waals surface area (Å²) in [6.07, 6.45) is -5.49. The van der Waals surface area contributed by atoms with E-state index in [0.29, 0.717) is 6.42 Å². The molecule has 166 valence electrons. The van der Waals surface area contributed by atoms with Crippen LogP contribution in [0.4, 0.5) is 13.2 Å². The van der Waals surface area contributed by atoms with Crippen molar-refractivity contribution < 1.29 is 42.4 Å². The average Bonchev–Trinajstić information content (AvgIpc) is 3.15. The second kappa shape index (κ2) is 9.49. The third kappa shape index (κ3) is 6.05. The van der Waals surface area contributed by atoms with E-state index >= 15 is 0 Å². The molecule has 0 amide bonds. The van der Waals surface area contributed by atoms with Gasteiger partial charge in [-0.1, -0.05) is 18.2 Å². The van der Waals surface area contributed by atoms with Crippen LogP contribution >= 0.6 is 0 Å². The van der Waals surface area contributed by atoms with Crippen LogP contribution in [-0.2, 0) is 17.3 Å². The number of halogens is 3. The molecule has 2 N–H and O–H groups in total. The summed E-state index contributed by atoms with van der Waals surface area (Å²) < 4.78 is 50.6. The van der Waals surface area contributed by atoms with Crippen molar-refractivity contribution in [3.8, 4) is 5.75 Å². The number of aryl methyl sites for hydroxylation is 1. The van der Waals surface area contributed by atoms with Crippen LogP contribution in [0, 0.1) is 0 Å². The SMILES string of the molecule is O=C(O)c1ccccc1C(=O)CCc1cc(OCC2C[C@@H](O)CO2)cc(C(F)(F)F)c1. The number of ether oxygens (including phenoxy) is 2. The van der Waals surface area contributed by atoms with Gasteiger partial charge in [0.2, 0.25) is 0 Å². The molecule has 0 aromatic heterocycles. The number of Topliss-reactive ketones (excluding diaryl/α,β-unsaturated/α-hetero) is 1. The molecule has 1 heterocycles. The highest BCUT2D eigenvalue weighted by atomic mass is 19.4. The number of aliphatic hydroxyl groups excluding tert-OH is 1. The first-order valence-corrected chi connectivity index (χ1v) is 9.62. The predicted octanol–water partition coefficient (Wildman–Crippen LogP) is 3.75. The standard InChI is InChI=1S/C22H21F3O6/c23-22(24,25)14-7-13(8-16(9-14)31-12-17-10-15(26)11-30-17)5-6-20(27)18-3-1-2-4-19(18)21(28)29/h1-4,7-9,15,17,26H,5-6,10-12H2,(H,28,29)/t15-,17?/m1/s1. The second-order valence-electron chi connectivity index (χ2n) is 7.29. The number of hydrogen-bond donors (Lipinski definition) is 2. The average molecular weight is 438 g/mol. The van der Waals surface area contributed by atoms with Crippen molar-refractivity contribution >= 4 is 11.8 Å². The van der Waals surface area contributed by atoms with Gasteiger partial charge in [0.15, 0.2) is 5.78 Å². The largest absolute Gasteiger partial charge is 0.491 e. The number of aromatic carboxylic acids is 1. The van der Waals surface area contributed by atoms with Gasteiger partial charge < -0.3 is 19.7 Å². The van der Waals surface area contributed by atoms with E-state index in [1.165, 1.54) is 30.3 Å². The third-order valence-corrected chi connectivity index (χ3v) is 4.89. The third-order valence-electron chi connectivity index (χ3n) is 4.89. The fourth-order valence-corrected chi connectivity index (χ4v) is 3.35. The molecule has 0 aliphatic carbocycles. The minimum Gasteiger partial charge on any atom is -0.491 e. The first kappa shape index (κ1) is 22.8. The lowest BCUT2D eigenvalue weighted by Gasteiger charge is -2.15. The molecule has 2 aromatic carbocycles. The maximum atomic E-state index is 13.3. The van der Waals surface area contributed by atoms with E-state index in [1.54, 1.807) is 0 Å². The van der Waals surface area contributed by atoms with Crippen molar-refractivity contribution in [1.29, 1.82) is 0 Å². The van der Waals surface area contributed by atoms with Crippen molar-refractivity contribution in [2.75, 3.05) is 13.2 Å². The number of aliphatic hydroxyl groups is 1. The highest BCUT2D eigenvalue weighted by molar-refractivity contribution is 6.05. The Bertz CT molecular complexity index is 957. The van der Waals surface area contributed by atoms with Gasteiger partial charge in [-0.05, 0) is 36.2 Å². The van der Waals surface area contributed by atoms with Gasteiger partial charge >= 0.3 is 12.1 Å². The molecule has 2 aromatic rings. The zero-order valence-electron chi connectivity index (χ0n) is 16.4. The summed E-state index contributed by atoms with van der Waals surface area (Å²) in [5, 5.41) is 18.7. The van der Waals surface area contributed by atoms with E-state index in [-0.39, 0.29) is 48.5 Å². The highest BCUT2D eigenvalue weighted by Crippen LogP contribution is 2.33. The lowest BCUT2D eigenvalue weighted by atomic mass is 9.97. The fourth-order valence-electron chi connectivity index (χ4n) is 3.35. The monoisotopic (exact) mass is 438 g/mol. The number of carboxylic acid groups (broad SMARTS) is 1. The minimum absolute atomic E-state index is 0.00962. The number of ketones is 1. The summed E-state index contributed by atoms with van der Waals surface area (Å²) in [7, 11) is 0. The summed E-state index contributed by atoms with van der Waals surface area (Å²) in [6.45, 7) is 0.143. The highest BCUT2D eigenvalue weighted by Gasteiger charge is 2.32. The molecule has 1 unspecified atom stereocenters. The van der Waals surface area contributed by atoms with Crippen LogP contribution in [0.5, 0.6) is 5.75 Å². The van der Waals surface area contributed by atoms with Crippen molar-refractivity contribution in [3.05, 3.63) is 64.7 Å². The normalized spacial score (nSPS) is 18.7. The van der Waals surface area contributed by atoms with Gasteiger partial charge in [0.1, 0.15) is 12.4 Å². The smallest absolute Gasteiger partial charge is 0.416 e. The molecule has 2 atom stereocenters. The number of alkyl halides is 3. The molecule has 0 radical (unpaired) electrons. The lowest BCUT2D eigenvalue weighted by molar-refractivity contribution is -0.137. The van der Waals surface area contributed by atoms with Crippen molar-refractivity contribution in [3.63, 3.8) is 0 Å². The quantitative estimate of drug-likeness (QED) is 0.610. The number of rotatable bonds is 8. The number of hydrogen-bond acceptors (Lipinski definition) is 5. The Kier molecular flexibility index (Phi) is 6.97. The molecular formula is C22H21F3O6. The topological polar surface area (TPSA) is 93.1 Å². The molecule has 6 nitrogen and oxygen atoms in total. The first-order valence-electron chi connectivity index (χ1n) is 9.62. The van der Waals surface area contributed by atoms with Gasteiger partial charge in [-0.2, -0.15) is 13.2 Å². The van der Waals surface area contributed by atoms with E-state index in [2.05, 4.69) is 0 Å². The molecule has 0 spiro atoms. The van der Waals surface area contributed by atoms with E-state index in [9.17, 15) is 33.0 Å². The van der Waals surface area contributed by atoms with Crippen LogP contribution in [0.1, 0.15) is 44.7 Å². The Labute approximate surface area is 176 Å². The summed E-state index contributed by atoms with van der Waals surface area (Å²) >= 11 is 0. The van der Waals surface area contributed by atoms with Crippen LogP contribution in [0.15, 0.2) is 42.5 Å². The number of carbonyl (C=O) groups excluding carboxylic acids is 1. The van der Waals surface area contributed by atoms with E-state index in [1.807, 2.05) is 0 Å².